The van der Waals surface area contributed by atoms with Crippen molar-refractivity contribution in [2.45, 2.75) is 12.5 Å². The lowest BCUT2D eigenvalue weighted by atomic mass is 10.1. The Morgan fingerprint density at radius 1 is 1.03 bits per heavy atom. The van der Waals surface area contributed by atoms with Crippen molar-refractivity contribution in [3.05, 3.63) is 90.1 Å². The third-order valence-electron chi connectivity index (χ3n) is 5.97. The maximum absolute atomic E-state index is 13.1. The highest BCUT2D eigenvalue weighted by molar-refractivity contribution is 6.03. The lowest BCUT2D eigenvalue weighted by molar-refractivity contribution is -0.136. The summed E-state index contributed by atoms with van der Waals surface area (Å²) in [6.45, 7) is 1.11. The minimum Gasteiger partial charge on any atom is -0.490 e. The van der Waals surface area contributed by atoms with Crippen molar-refractivity contribution in [2.24, 2.45) is 0 Å². The highest BCUT2D eigenvalue weighted by atomic mass is 16.5. The van der Waals surface area contributed by atoms with Gasteiger partial charge in [0.2, 0.25) is 0 Å². The molecule has 1 N–H and O–H groups in total. The molecule has 4 aromatic rings. The Labute approximate surface area is 196 Å². The minimum atomic E-state index is -0.906. The van der Waals surface area contributed by atoms with Crippen molar-refractivity contribution >= 4 is 28.5 Å². The van der Waals surface area contributed by atoms with Gasteiger partial charge >= 0.3 is 5.97 Å². The van der Waals surface area contributed by atoms with Gasteiger partial charge in [0.1, 0.15) is 24.2 Å². The first kappa shape index (κ1) is 21.6. The molecular weight excluding hydrogens is 432 g/mol. The number of likely N-dealkylation sites (N-methyl/N-ethyl adjacent to an activating group) is 1. The summed E-state index contributed by atoms with van der Waals surface area (Å²) < 4.78 is 13.5. The number of hydrogen-bond acceptors (Lipinski definition) is 5. The molecule has 1 atom stereocenters. The van der Waals surface area contributed by atoms with Crippen molar-refractivity contribution in [1.82, 2.24) is 4.57 Å². The summed E-state index contributed by atoms with van der Waals surface area (Å²) in [5.41, 5.74) is 2.94. The van der Waals surface area contributed by atoms with E-state index in [1.54, 1.807) is 53.2 Å². The highest BCUT2D eigenvalue weighted by Crippen LogP contribution is 2.32. The Morgan fingerprint density at radius 2 is 1.82 bits per heavy atom. The first-order chi connectivity index (χ1) is 16.5. The summed E-state index contributed by atoms with van der Waals surface area (Å²) in [5, 5.41) is 9.90. The van der Waals surface area contributed by atoms with Crippen LogP contribution in [0.2, 0.25) is 0 Å². The van der Waals surface area contributed by atoms with E-state index >= 15 is 0 Å². The summed E-state index contributed by atoms with van der Waals surface area (Å²) in [6.07, 6.45) is 1.48. The fourth-order valence-electron chi connectivity index (χ4n) is 4.33. The smallest absolute Gasteiger partial charge is 0.307 e. The van der Waals surface area contributed by atoms with Crippen molar-refractivity contribution in [1.29, 1.82) is 0 Å². The van der Waals surface area contributed by atoms with Crippen molar-refractivity contribution in [3.8, 4) is 11.5 Å². The molecule has 0 aliphatic carbocycles. The number of hydrogen-bond donors (Lipinski definition) is 1. The van der Waals surface area contributed by atoms with Crippen LogP contribution in [0.1, 0.15) is 15.9 Å². The average Bonchev–Trinajstić information content (AvgIpc) is 3.28. The van der Waals surface area contributed by atoms with Gasteiger partial charge in [-0.2, -0.15) is 0 Å². The number of fused-ring (bicyclic) bond motifs is 2. The molecule has 0 saturated carbocycles. The number of carboxylic acids is 1. The van der Waals surface area contributed by atoms with Gasteiger partial charge < -0.3 is 19.5 Å². The number of aliphatic carboxylic acids is 1. The molecule has 0 bridgehead atoms. The van der Waals surface area contributed by atoms with Crippen LogP contribution in [0.15, 0.2) is 79.0 Å². The zero-order valence-electron chi connectivity index (χ0n) is 18.7. The summed E-state index contributed by atoms with van der Waals surface area (Å²) in [6, 6.07) is 22.1. The van der Waals surface area contributed by atoms with Gasteiger partial charge in [0.25, 0.3) is 5.91 Å². The van der Waals surface area contributed by atoms with Crippen LogP contribution in [0.5, 0.6) is 11.5 Å². The zero-order chi connectivity index (χ0) is 23.7. The van der Waals surface area contributed by atoms with Gasteiger partial charge in [-0.3, -0.25) is 14.2 Å². The fraction of sp³-hybridized carbons (Fsp3) is 0.185. The second kappa shape index (κ2) is 8.94. The third kappa shape index (κ3) is 4.20. The molecule has 1 aliphatic rings. The number of carboxylic acid groups (broad SMARTS) is 1. The lowest BCUT2D eigenvalue weighted by Gasteiger charge is -2.33. The monoisotopic (exact) mass is 456 g/mol. The van der Waals surface area contributed by atoms with Crippen molar-refractivity contribution < 1.29 is 24.2 Å². The van der Waals surface area contributed by atoms with Crippen LogP contribution in [0.4, 0.5) is 5.69 Å². The lowest BCUT2D eigenvalue weighted by Crippen LogP contribution is -2.41. The maximum Gasteiger partial charge on any atom is 0.307 e. The molecule has 3 aromatic carbocycles. The normalized spacial score (nSPS) is 15.0. The number of carbonyl (C=O) groups excluding carboxylic acids is 1. The molecule has 0 unspecified atom stereocenters. The SMILES string of the molecule is CN1C[C@@H](COc2ccc(C(=O)n3ccc4c(CC(=O)O)cccc43)cc2)Oc2ccccc21. The number of carbonyl (C=O) groups is 2. The second-order valence-corrected chi connectivity index (χ2v) is 8.33. The molecule has 5 rings (SSSR count). The molecule has 0 amide bonds. The van der Waals surface area contributed by atoms with E-state index in [1.165, 1.54) is 0 Å². The fourth-order valence-corrected chi connectivity index (χ4v) is 4.33. The van der Waals surface area contributed by atoms with Gasteiger partial charge in [-0.05, 0) is 54.1 Å². The van der Waals surface area contributed by atoms with E-state index in [0.717, 1.165) is 23.4 Å². The van der Waals surface area contributed by atoms with E-state index in [1.807, 2.05) is 37.4 Å². The van der Waals surface area contributed by atoms with Crippen LogP contribution < -0.4 is 14.4 Å². The molecule has 34 heavy (non-hydrogen) atoms. The molecule has 0 spiro atoms. The van der Waals surface area contributed by atoms with Crippen LogP contribution in [0, 0.1) is 0 Å². The topological polar surface area (TPSA) is 81.0 Å². The van der Waals surface area contributed by atoms with E-state index in [9.17, 15) is 9.59 Å². The van der Waals surface area contributed by atoms with E-state index in [0.29, 0.717) is 29.0 Å². The Morgan fingerprint density at radius 3 is 2.62 bits per heavy atom. The Bertz CT molecular complexity index is 1360. The molecule has 7 heteroatoms. The Kier molecular flexibility index (Phi) is 5.67. The van der Waals surface area contributed by atoms with Gasteiger partial charge in [-0.15, -0.1) is 0 Å². The van der Waals surface area contributed by atoms with Crippen LogP contribution in [-0.4, -0.2) is 47.9 Å². The summed E-state index contributed by atoms with van der Waals surface area (Å²) in [5.74, 6) is 0.401. The number of benzene rings is 3. The number of rotatable bonds is 6. The molecule has 2 heterocycles. The van der Waals surface area contributed by atoms with Crippen molar-refractivity contribution in [2.75, 3.05) is 25.1 Å². The highest BCUT2D eigenvalue weighted by Gasteiger charge is 2.23. The standard InChI is InChI=1S/C27H24N2O5/c1-28-16-21(34-25-8-3-2-6-24(25)28)17-33-20-11-9-18(10-12-20)27(32)29-14-13-22-19(15-26(30)31)5-4-7-23(22)29/h2-14,21H,15-17H2,1H3,(H,30,31)/t21-/m0/s1. The number of ether oxygens (including phenoxy) is 2. The minimum absolute atomic E-state index is 0.0896. The molecular formula is C27H24N2O5. The van der Waals surface area contributed by atoms with Gasteiger partial charge in [-0.1, -0.05) is 24.3 Å². The Balaban J connectivity index is 1.27. The summed E-state index contributed by atoms with van der Waals surface area (Å²) >= 11 is 0. The number of para-hydroxylation sites is 2. The zero-order valence-corrected chi connectivity index (χ0v) is 18.7. The second-order valence-electron chi connectivity index (χ2n) is 8.33. The molecule has 7 nitrogen and oxygen atoms in total. The van der Waals surface area contributed by atoms with Crippen LogP contribution in [0.3, 0.4) is 0 Å². The van der Waals surface area contributed by atoms with E-state index in [2.05, 4.69) is 4.90 Å². The summed E-state index contributed by atoms with van der Waals surface area (Å²) in [7, 11) is 2.03. The summed E-state index contributed by atoms with van der Waals surface area (Å²) in [4.78, 5) is 26.4. The predicted molar refractivity (Wildman–Crippen MR) is 129 cm³/mol. The van der Waals surface area contributed by atoms with E-state index in [4.69, 9.17) is 14.6 Å². The first-order valence-electron chi connectivity index (χ1n) is 11.0. The predicted octanol–water partition coefficient (Wildman–Crippen LogP) is 4.23. The largest absolute Gasteiger partial charge is 0.490 e. The number of aromatic nitrogens is 1. The molecule has 0 fully saturated rings. The van der Waals surface area contributed by atoms with E-state index < -0.39 is 5.97 Å². The Hall–Kier alpha value is -4.26. The van der Waals surface area contributed by atoms with E-state index in [-0.39, 0.29) is 18.4 Å². The average molecular weight is 456 g/mol. The van der Waals surface area contributed by atoms with Crippen LogP contribution in [-0.2, 0) is 11.2 Å². The van der Waals surface area contributed by atoms with Gasteiger partial charge in [0, 0.05) is 24.2 Å². The van der Waals surface area contributed by atoms with Crippen LogP contribution in [0.25, 0.3) is 10.9 Å². The molecule has 0 radical (unpaired) electrons. The quantitative estimate of drug-likeness (QED) is 0.468. The van der Waals surface area contributed by atoms with Gasteiger partial charge in [-0.25, -0.2) is 0 Å². The molecule has 1 aromatic heterocycles. The number of nitrogens with zero attached hydrogens (tertiary/aromatic N) is 2. The van der Waals surface area contributed by atoms with Crippen molar-refractivity contribution in [3.63, 3.8) is 0 Å². The number of anilines is 1. The molecule has 172 valence electrons. The van der Waals surface area contributed by atoms with Gasteiger partial charge in [0.05, 0.1) is 24.2 Å². The maximum atomic E-state index is 13.1. The van der Waals surface area contributed by atoms with Crippen LogP contribution >= 0.6 is 0 Å². The first-order valence-corrected chi connectivity index (χ1v) is 11.0. The third-order valence-corrected chi connectivity index (χ3v) is 5.97. The molecule has 1 aliphatic heterocycles. The molecule has 0 saturated heterocycles. The van der Waals surface area contributed by atoms with Gasteiger partial charge in [0.15, 0.2) is 0 Å².